The van der Waals surface area contributed by atoms with E-state index in [2.05, 4.69) is 46.4 Å². The quantitative estimate of drug-likeness (QED) is 0.736. The molecular weight excluding hydrogens is 210 g/mol. The minimum absolute atomic E-state index is 0.110. The van der Waals surface area contributed by atoms with Crippen LogP contribution in [0.15, 0.2) is 0 Å². The molecule has 0 radical (unpaired) electrons. The molecule has 1 heterocycles. The molecule has 2 heteroatoms. The van der Waals surface area contributed by atoms with Crippen molar-refractivity contribution in [2.24, 2.45) is 17.3 Å². The Kier molecular flexibility index (Phi) is 2.83. The SMILES string of the molecule is CC(C)N1C(=O)C(C(C)C)(C(C)C)CC12CC2. The van der Waals surface area contributed by atoms with Crippen LogP contribution >= 0.6 is 0 Å². The van der Waals surface area contributed by atoms with E-state index in [1.807, 2.05) is 0 Å². The maximum absolute atomic E-state index is 12.9. The van der Waals surface area contributed by atoms with Gasteiger partial charge in [0.05, 0.1) is 5.41 Å². The third-order valence-electron chi connectivity index (χ3n) is 5.15. The fourth-order valence-electron chi connectivity index (χ4n) is 4.06. The Hall–Kier alpha value is -0.530. The van der Waals surface area contributed by atoms with Gasteiger partial charge >= 0.3 is 0 Å². The number of nitrogens with zero attached hydrogens (tertiary/aromatic N) is 1. The minimum Gasteiger partial charge on any atom is -0.334 e. The Bertz CT molecular complexity index is 318. The first-order valence-electron chi connectivity index (χ1n) is 7.12. The van der Waals surface area contributed by atoms with Crippen molar-refractivity contribution in [3.63, 3.8) is 0 Å². The van der Waals surface area contributed by atoms with E-state index in [1.54, 1.807) is 0 Å². The van der Waals surface area contributed by atoms with E-state index in [0.717, 1.165) is 6.42 Å². The van der Waals surface area contributed by atoms with Crippen LogP contribution in [0.25, 0.3) is 0 Å². The standard InChI is InChI=1S/C15H27NO/c1-10(2)15(11(3)4)9-14(7-8-14)16(12(5)6)13(15)17/h10-12H,7-9H2,1-6H3. The summed E-state index contributed by atoms with van der Waals surface area (Å²) in [5, 5.41) is 0. The van der Waals surface area contributed by atoms with Gasteiger partial charge < -0.3 is 4.90 Å². The Morgan fingerprint density at radius 1 is 1.00 bits per heavy atom. The molecule has 0 bridgehead atoms. The normalized spacial score (nSPS) is 25.7. The first-order valence-corrected chi connectivity index (χ1v) is 7.12. The first kappa shape index (κ1) is 12.9. The molecule has 0 aromatic carbocycles. The average molecular weight is 237 g/mol. The zero-order valence-electron chi connectivity index (χ0n) is 12.2. The summed E-state index contributed by atoms with van der Waals surface area (Å²) in [5.74, 6) is 1.31. The highest BCUT2D eigenvalue weighted by Crippen LogP contribution is 2.61. The Labute approximate surface area is 106 Å². The summed E-state index contributed by atoms with van der Waals surface area (Å²) in [5.41, 5.74) is 0.126. The zero-order valence-corrected chi connectivity index (χ0v) is 12.2. The summed E-state index contributed by atoms with van der Waals surface area (Å²) in [7, 11) is 0. The van der Waals surface area contributed by atoms with Gasteiger partial charge in [-0.15, -0.1) is 0 Å². The molecular formula is C15H27NO. The number of hydrogen-bond donors (Lipinski definition) is 0. The van der Waals surface area contributed by atoms with Crippen molar-refractivity contribution in [2.45, 2.75) is 72.4 Å². The fourth-order valence-corrected chi connectivity index (χ4v) is 4.06. The lowest BCUT2D eigenvalue weighted by Crippen LogP contribution is -2.45. The summed E-state index contributed by atoms with van der Waals surface area (Å²) in [4.78, 5) is 15.1. The molecule has 2 aliphatic rings. The maximum atomic E-state index is 12.9. The van der Waals surface area contributed by atoms with Crippen LogP contribution in [-0.4, -0.2) is 22.4 Å². The highest BCUT2D eigenvalue weighted by Gasteiger charge is 2.66. The summed E-state index contributed by atoms with van der Waals surface area (Å²) in [6.07, 6.45) is 3.53. The number of amides is 1. The van der Waals surface area contributed by atoms with E-state index in [1.165, 1.54) is 12.8 Å². The molecule has 0 atom stereocenters. The van der Waals surface area contributed by atoms with Gasteiger partial charge in [-0.2, -0.15) is 0 Å². The van der Waals surface area contributed by atoms with Crippen molar-refractivity contribution in [3.05, 3.63) is 0 Å². The van der Waals surface area contributed by atoms with Crippen LogP contribution < -0.4 is 0 Å². The lowest BCUT2D eigenvalue weighted by molar-refractivity contribution is -0.143. The number of rotatable bonds is 3. The van der Waals surface area contributed by atoms with Crippen molar-refractivity contribution in [1.82, 2.24) is 4.90 Å². The summed E-state index contributed by atoms with van der Waals surface area (Å²) < 4.78 is 0. The van der Waals surface area contributed by atoms with Gasteiger partial charge in [0.15, 0.2) is 0 Å². The van der Waals surface area contributed by atoms with Gasteiger partial charge in [0.2, 0.25) is 5.91 Å². The van der Waals surface area contributed by atoms with Crippen LogP contribution in [0.2, 0.25) is 0 Å². The van der Waals surface area contributed by atoms with E-state index < -0.39 is 0 Å². The molecule has 1 saturated carbocycles. The highest BCUT2D eigenvalue weighted by atomic mass is 16.2. The molecule has 1 aliphatic heterocycles. The van der Waals surface area contributed by atoms with E-state index in [-0.39, 0.29) is 11.0 Å². The molecule has 17 heavy (non-hydrogen) atoms. The summed E-state index contributed by atoms with van der Waals surface area (Å²) >= 11 is 0. The number of hydrogen-bond acceptors (Lipinski definition) is 1. The summed E-state index contributed by atoms with van der Waals surface area (Å²) in [6, 6.07) is 0.351. The number of likely N-dealkylation sites (tertiary alicyclic amines) is 1. The second kappa shape index (κ2) is 3.73. The molecule has 1 amide bonds. The van der Waals surface area contributed by atoms with Crippen LogP contribution in [0.1, 0.15) is 60.8 Å². The van der Waals surface area contributed by atoms with Crippen molar-refractivity contribution in [1.29, 1.82) is 0 Å². The van der Waals surface area contributed by atoms with Gasteiger partial charge in [-0.25, -0.2) is 0 Å². The van der Waals surface area contributed by atoms with Crippen LogP contribution in [0.4, 0.5) is 0 Å². The molecule has 2 rings (SSSR count). The third-order valence-corrected chi connectivity index (χ3v) is 5.15. The summed E-state index contributed by atoms with van der Waals surface area (Å²) in [6.45, 7) is 13.2. The predicted molar refractivity (Wildman–Crippen MR) is 70.7 cm³/mol. The fraction of sp³-hybridized carbons (Fsp3) is 0.933. The molecule has 1 saturated heterocycles. The van der Waals surface area contributed by atoms with Crippen molar-refractivity contribution in [2.75, 3.05) is 0 Å². The largest absolute Gasteiger partial charge is 0.334 e. The van der Waals surface area contributed by atoms with Crippen LogP contribution in [0.5, 0.6) is 0 Å². The van der Waals surface area contributed by atoms with Gasteiger partial charge in [-0.05, 0) is 44.9 Å². The van der Waals surface area contributed by atoms with E-state index in [0.29, 0.717) is 23.8 Å². The maximum Gasteiger partial charge on any atom is 0.230 e. The minimum atomic E-state index is -0.110. The second-order valence-corrected chi connectivity index (χ2v) is 7.02. The molecule has 1 spiro atoms. The van der Waals surface area contributed by atoms with Crippen molar-refractivity contribution >= 4 is 5.91 Å². The first-order chi connectivity index (χ1) is 7.78. The second-order valence-electron chi connectivity index (χ2n) is 7.02. The van der Waals surface area contributed by atoms with E-state index in [4.69, 9.17) is 0 Å². The molecule has 1 aliphatic carbocycles. The van der Waals surface area contributed by atoms with Crippen LogP contribution in [0.3, 0.4) is 0 Å². The van der Waals surface area contributed by atoms with Gasteiger partial charge in [-0.3, -0.25) is 4.79 Å². The Morgan fingerprint density at radius 3 is 1.71 bits per heavy atom. The van der Waals surface area contributed by atoms with Gasteiger partial charge in [0.25, 0.3) is 0 Å². The molecule has 98 valence electrons. The molecule has 2 fully saturated rings. The molecule has 2 nitrogen and oxygen atoms in total. The lowest BCUT2D eigenvalue weighted by atomic mass is 9.67. The smallest absolute Gasteiger partial charge is 0.230 e. The van der Waals surface area contributed by atoms with Crippen LogP contribution in [-0.2, 0) is 4.79 Å². The number of carbonyl (C=O) groups excluding carboxylic acids is 1. The third kappa shape index (κ3) is 1.56. The van der Waals surface area contributed by atoms with Gasteiger partial charge in [0.1, 0.15) is 0 Å². The molecule has 0 unspecified atom stereocenters. The molecule has 0 aromatic rings. The lowest BCUT2D eigenvalue weighted by Gasteiger charge is -2.36. The highest BCUT2D eigenvalue weighted by molar-refractivity contribution is 5.87. The molecule has 0 aromatic heterocycles. The zero-order chi connectivity index (χ0) is 13.0. The Balaban J connectivity index is 2.42. The van der Waals surface area contributed by atoms with Gasteiger partial charge in [0, 0.05) is 11.6 Å². The van der Waals surface area contributed by atoms with E-state index >= 15 is 0 Å². The van der Waals surface area contributed by atoms with Crippen molar-refractivity contribution < 1.29 is 4.79 Å². The van der Waals surface area contributed by atoms with Gasteiger partial charge in [-0.1, -0.05) is 27.7 Å². The molecule has 0 N–H and O–H groups in total. The monoisotopic (exact) mass is 237 g/mol. The van der Waals surface area contributed by atoms with E-state index in [9.17, 15) is 4.79 Å². The number of carbonyl (C=O) groups is 1. The van der Waals surface area contributed by atoms with Crippen molar-refractivity contribution in [3.8, 4) is 0 Å². The Morgan fingerprint density at radius 2 is 1.47 bits per heavy atom. The topological polar surface area (TPSA) is 20.3 Å². The van der Waals surface area contributed by atoms with Crippen LogP contribution in [0, 0.1) is 17.3 Å². The predicted octanol–water partition coefficient (Wildman–Crippen LogP) is 3.46. The average Bonchev–Trinajstić information content (AvgIpc) is 2.86.